The number of methoxy groups -OCH3 is 3. The van der Waals surface area contributed by atoms with E-state index in [0.29, 0.717) is 11.6 Å². The Balaban J connectivity index is 0.000000822. The number of nitrogens with two attached hydrogens (primary N) is 1. The van der Waals surface area contributed by atoms with E-state index >= 15 is 0 Å². The van der Waals surface area contributed by atoms with Crippen LogP contribution >= 0.6 is 43.7 Å². The Morgan fingerprint density at radius 1 is 0.702 bits per heavy atom. The molecule has 0 aliphatic carbocycles. The number of benzene rings is 3. The van der Waals surface area contributed by atoms with Crippen LogP contribution in [0.5, 0.6) is 23.0 Å². The van der Waals surface area contributed by atoms with Crippen LogP contribution in [-0.2, 0) is 13.1 Å². The molecule has 0 amide bonds. The van der Waals surface area contributed by atoms with Gasteiger partial charge in [0.1, 0.15) is 55.7 Å². The number of halogens is 4. The van der Waals surface area contributed by atoms with Crippen LogP contribution in [-0.4, -0.2) is 38.5 Å². The molecule has 47 heavy (non-hydrogen) atoms. The SMILES string of the molecule is COc1ccc(CN(Cc2ccc(OC)cc2)c2cccc(Br)n2)cc1.COc1ccc(OCl)cc1.Nc1cccc(Br)n1.[2H]CF.[H-].[Na+]. The van der Waals surface area contributed by atoms with E-state index in [1.54, 1.807) is 51.7 Å². The number of alkyl halides is 1. The minimum atomic E-state index is -1.00. The van der Waals surface area contributed by atoms with E-state index in [0.717, 1.165) is 45.4 Å². The molecule has 5 rings (SSSR count). The van der Waals surface area contributed by atoms with E-state index in [1.165, 1.54) is 11.1 Å². The maximum atomic E-state index is 9.96. The summed E-state index contributed by atoms with van der Waals surface area (Å²) in [4.78, 5) is 10.7. The Labute approximate surface area is 323 Å². The first-order valence-electron chi connectivity index (χ1n) is 14.2. The van der Waals surface area contributed by atoms with Crippen molar-refractivity contribution in [1.82, 2.24) is 9.97 Å². The first-order chi connectivity index (χ1) is 22.7. The third kappa shape index (κ3) is 16.1. The van der Waals surface area contributed by atoms with Gasteiger partial charge in [-0.2, -0.15) is 0 Å². The van der Waals surface area contributed by atoms with Gasteiger partial charge in [0.25, 0.3) is 0 Å². The second kappa shape index (κ2) is 24.1. The predicted molar refractivity (Wildman–Crippen MR) is 192 cm³/mol. The first kappa shape index (κ1) is 40.1. The summed E-state index contributed by atoms with van der Waals surface area (Å²) in [5, 5.41) is 0. The van der Waals surface area contributed by atoms with Crippen LogP contribution in [0.2, 0.25) is 0 Å². The zero-order valence-corrected chi connectivity index (χ0v) is 32.5. The molecular weight excluding hydrogens is 766 g/mol. The molecule has 0 aliphatic heterocycles. The topological polar surface area (TPSA) is 92.0 Å². The van der Waals surface area contributed by atoms with Crippen molar-refractivity contribution >= 4 is 55.4 Å². The maximum Gasteiger partial charge on any atom is 1.00 e. The fraction of sp³-hybridized carbons (Fsp3) is 0.176. The smallest absolute Gasteiger partial charge is 1.00 e. The molecule has 13 heteroatoms. The van der Waals surface area contributed by atoms with Gasteiger partial charge in [0.05, 0.1) is 29.9 Å². The van der Waals surface area contributed by atoms with E-state index in [9.17, 15) is 4.39 Å². The number of anilines is 2. The standard InChI is InChI=1S/C21H21BrN2O2.C7H7ClO2.C5H5BrN2.CH3F.Na.H/c1-25-18-10-6-16(7-11-18)14-24(21-5-3-4-20(22)23-21)15-17-8-12-19(26-2)13-9-17;1-9-6-2-4-7(10-8)5-3-6;6-4-2-1-3-5(7)8-4;1-2;;/h3-13H,14-15H2,1-2H3;2-5H,1H3;1-3H,(H2,7,8);1H3;;/q;;;;+1;-1/i;;;1D;;. The fourth-order valence-electron chi connectivity index (χ4n) is 3.75. The zero-order valence-electron chi connectivity index (χ0n) is 28.6. The quantitative estimate of drug-likeness (QED) is 0.135. The van der Waals surface area contributed by atoms with Crippen LogP contribution in [0.25, 0.3) is 0 Å². The summed E-state index contributed by atoms with van der Waals surface area (Å²) in [5.41, 5.74) is 7.71. The number of aromatic nitrogens is 2. The number of hydrogen-bond donors (Lipinski definition) is 1. The zero-order chi connectivity index (χ0) is 34.4. The molecule has 0 unspecified atom stereocenters. The van der Waals surface area contributed by atoms with E-state index in [2.05, 4.69) is 75.3 Å². The number of ether oxygens (including phenoxy) is 3. The molecule has 2 N–H and O–H groups in total. The van der Waals surface area contributed by atoms with Gasteiger partial charge >= 0.3 is 29.6 Å². The van der Waals surface area contributed by atoms with E-state index in [4.69, 9.17) is 33.2 Å². The van der Waals surface area contributed by atoms with Crippen molar-refractivity contribution in [3.05, 3.63) is 130 Å². The van der Waals surface area contributed by atoms with Crippen LogP contribution in [0.4, 0.5) is 16.0 Å². The monoisotopic (exact) mass is 801 g/mol. The molecule has 8 nitrogen and oxygen atoms in total. The van der Waals surface area contributed by atoms with E-state index < -0.39 is 7.15 Å². The molecule has 2 aromatic heterocycles. The molecule has 0 atom stereocenters. The van der Waals surface area contributed by atoms with Crippen molar-refractivity contribution in [2.45, 2.75) is 13.1 Å². The minimum Gasteiger partial charge on any atom is -1.00 e. The van der Waals surface area contributed by atoms with Crippen molar-refractivity contribution < 1.29 is 55.2 Å². The Morgan fingerprint density at radius 3 is 1.43 bits per heavy atom. The molecule has 0 radical (unpaired) electrons. The van der Waals surface area contributed by atoms with Crippen molar-refractivity contribution in [2.75, 3.05) is 39.1 Å². The molecule has 5 aromatic rings. The van der Waals surface area contributed by atoms with Gasteiger partial charge in [0, 0.05) is 13.1 Å². The molecule has 246 valence electrons. The molecule has 0 fully saturated rings. The van der Waals surface area contributed by atoms with Gasteiger partial charge in [0.2, 0.25) is 0 Å². The molecule has 0 aliphatic rings. The molecule has 3 aromatic carbocycles. The number of nitrogens with zero attached hydrogens (tertiary/aromatic N) is 3. The summed E-state index contributed by atoms with van der Waals surface area (Å²) < 4.78 is 36.9. The second-order valence-corrected chi connectivity index (χ2v) is 10.8. The van der Waals surface area contributed by atoms with E-state index in [1.807, 2.05) is 54.6 Å². The number of nitrogen functional groups attached to an aromatic ring is 1. The Kier molecular flexibility index (Phi) is 20.6. The van der Waals surface area contributed by atoms with Crippen molar-refractivity contribution in [3.8, 4) is 23.0 Å². The Hall–Kier alpha value is -3.06. The maximum absolute atomic E-state index is 9.96. The Bertz CT molecular complexity index is 1500. The van der Waals surface area contributed by atoms with Gasteiger partial charge < -0.3 is 30.6 Å². The third-order valence-electron chi connectivity index (χ3n) is 5.97. The Morgan fingerprint density at radius 2 is 1.09 bits per heavy atom. The van der Waals surface area contributed by atoms with Gasteiger partial charge in [-0.1, -0.05) is 36.4 Å². The van der Waals surface area contributed by atoms with Crippen LogP contribution in [0.15, 0.2) is 118 Å². The summed E-state index contributed by atoms with van der Waals surface area (Å²) in [6.07, 6.45) is 0. The average Bonchev–Trinajstić information content (AvgIpc) is 3.09. The van der Waals surface area contributed by atoms with Crippen LogP contribution in [0, 0.1) is 0 Å². The first-order valence-corrected chi connectivity index (χ1v) is 15.4. The number of rotatable bonds is 9. The summed E-state index contributed by atoms with van der Waals surface area (Å²) in [6, 6.07) is 34.6. The summed E-state index contributed by atoms with van der Waals surface area (Å²) in [6.45, 7) is 1.50. The minimum absolute atomic E-state index is 0. The molecule has 0 saturated carbocycles. The van der Waals surface area contributed by atoms with Gasteiger partial charge in [-0.15, -0.1) is 0 Å². The second-order valence-electron chi connectivity index (χ2n) is 9.01. The molecule has 0 spiro atoms. The van der Waals surface area contributed by atoms with Crippen molar-refractivity contribution in [1.29, 1.82) is 0 Å². The van der Waals surface area contributed by atoms with Crippen LogP contribution < -0.4 is 58.7 Å². The van der Waals surface area contributed by atoms with Crippen LogP contribution in [0.1, 0.15) is 13.9 Å². The molecule has 2 heterocycles. The van der Waals surface area contributed by atoms with Gasteiger partial charge in [-0.3, -0.25) is 4.39 Å². The third-order valence-corrected chi connectivity index (χ3v) is 7.04. The van der Waals surface area contributed by atoms with Crippen LogP contribution in [0.3, 0.4) is 0 Å². The van der Waals surface area contributed by atoms with Crippen molar-refractivity contribution in [2.24, 2.45) is 0 Å². The van der Waals surface area contributed by atoms with Crippen molar-refractivity contribution in [3.63, 3.8) is 0 Å². The predicted octanol–water partition coefficient (Wildman–Crippen LogP) is 6.42. The summed E-state index contributed by atoms with van der Waals surface area (Å²) in [7, 11) is 3.96. The number of pyridine rings is 2. The van der Waals surface area contributed by atoms with Gasteiger partial charge in [0.15, 0.2) is 0 Å². The molecular formula is C34H37Br2ClFN4NaO4. The summed E-state index contributed by atoms with van der Waals surface area (Å²) in [5.74, 6) is 4.58. The number of hydrogen-bond acceptors (Lipinski definition) is 8. The van der Waals surface area contributed by atoms with Gasteiger partial charge in [-0.05, 0) is 116 Å². The van der Waals surface area contributed by atoms with Gasteiger partial charge in [-0.25, -0.2) is 9.97 Å². The molecule has 0 saturated heterocycles. The largest absolute Gasteiger partial charge is 1.00 e. The fourth-order valence-corrected chi connectivity index (χ4v) is 4.54. The normalized spacial score (nSPS) is 9.64. The molecule has 0 bridgehead atoms. The summed E-state index contributed by atoms with van der Waals surface area (Å²) >= 11 is 11.7. The average molecular weight is 804 g/mol. The van der Waals surface area contributed by atoms with E-state index in [-0.39, 0.29) is 31.0 Å².